The molecule has 0 amide bonds. The van der Waals surface area contributed by atoms with Crippen molar-refractivity contribution >= 4 is 11.4 Å². The summed E-state index contributed by atoms with van der Waals surface area (Å²) in [6.07, 6.45) is 103. The zero-order valence-corrected chi connectivity index (χ0v) is 75.1. The molecular formula is C105H184N2Ni. The summed E-state index contributed by atoms with van der Waals surface area (Å²) in [5.41, 5.74) is 26.4. The summed E-state index contributed by atoms with van der Waals surface area (Å²) in [7, 11) is 0. The number of hydrogen-bond acceptors (Lipinski definition) is 0. The number of benzene rings is 2. The monoisotopic (exact) mass is 1530 g/mol. The van der Waals surface area contributed by atoms with Crippen LogP contribution in [0.2, 0.25) is 0 Å². The Morgan fingerprint density at radius 3 is 0.657 bits per heavy atom. The molecule has 1 aliphatic rings. The molecule has 3 rings (SSSR count). The van der Waals surface area contributed by atoms with Crippen LogP contribution in [0.5, 0.6) is 0 Å². The summed E-state index contributed by atoms with van der Waals surface area (Å²) < 4.78 is 1.75. The normalized spacial score (nSPS) is 12.0. The predicted molar refractivity (Wildman–Crippen MR) is 485 cm³/mol. The van der Waals surface area contributed by atoms with Crippen LogP contribution >= 0.6 is 0 Å². The topological polar surface area (TPSA) is 25.3 Å². The van der Waals surface area contributed by atoms with Crippen molar-refractivity contribution in [1.82, 2.24) is 0 Å². The molecule has 1 aliphatic heterocycles. The van der Waals surface area contributed by atoms with E-state index in [1.807, 2.05) is 0 Å². The van der Waals surface area contributed by atoms with E-state index in [0.29, 0.717) is 0 Å². The fraction of sp³-hybridized carbons (Fsp3) is 0.790. The molecule has 0 saturated heterocycles. The Balaban J connectivity index is 0.0000382. The molecule has 0 spiro atoms. The Hall–Kier alpha value is -2.87. The van der Waals surface area contributed by atoms with Crippen LogP contribution in [0.25, 0.3) is 16.9 Å². The van der Waals surface area contributed by atoms with Crippen molar-refractivity contribution in [2.24, 2.45) is 0 Å². The van der Waals surface area contributed by atoms with Gasteiger partial charge < -0.3 is 20.4 Å². The van der Waals surface area contributed by atoms with E-state index in [9.17, 15) is 5.53 Å². The van der Waals surface area contributed by atoms with Gasteiger partial charge in [-0.2, -0.15) is 0 Å². The summed E-state index contributed by atoms with van der Waals surface area (Å²) in [4.78, 5) is 0. The van der Waals surface area contributed by atoms with Gasteiger partial charge in [0.15, 0.2) is 0 Å². The Labute approximate surface area is 689 Å². The second-order valence-electron chi connectivity index (χ2n) is 33.7. The van der Waals surface area contributed by atoms with Gasteiger partial charge in [0.25, 0.3) is 0 Å². The largest absolute Gasteiger partial charge is 2.00 e. The van der Waals surface area contributed by atoms with E-state index in [1.165, 1.54) is 462 Å². The molecule has 0 unspecified atom stereocenters. The summed E-state index contributed by atoms with van der Waals surface area (Å²) in [6, 6.07) is 14.7. The van der Waals surface area contributed by atoms with Crippen LogP contribution in [0.1, 0.15) is 544 Å². The first kappa shape index (κ1) is 105. The number of nitrogens with zero attached hydrogens (tertiary/aromatic N) is 2. The van der Waals surface area contributed by atoms with Gasteiger partial charge in [-0.1, -0.05) is 457 Å². The molecule has 2 aromatic carbocycles. The van der Waals surface area contributed by atoms with Crippen LogP contribution in [0, 0.1) is 38.5 Å². The van der Waals surface area contributed by atoms with Gasteiger partial charge >= 0.3 is 16.5 Å². The first-order valence-electron chi connectivity index (χ1n) is 48.2. The third-order valence-electron chi connectivity index (χ3n) is 23.8. The van der Waals surface area contributed by atoms with E-state index in [-0.39, 0.29) is 31.3 Å². The molecule has 0 aliphatic carbocycles. The fourth-order valence-corrected chi connectivity index (χ4v) is 16.7. The number of allylic oxidation sites excluding steroid dienone is 2. The summed E-state index contributed by atoms with van der Waals surface area (Å²) >= 11 is 0. The van der Waals surface area contributed by atoms with Crippen molar-refractivity contribution in [3.8, 4) is 23.7 Å². The van der Waals surface area contributed by atoms with Gasteiger partial charge in [-0.15, -0.1) is 23.7 Å². The summed E-state index contributed by atoms with van der Waals surface area (Å²) in [5.74, 6) is 14.6. The molecule has 0 bridgehead atoms. The molecule has 0 saturated carbocycles. The predicted octanol–water partition coefficient (Wildman–Crippen LogP) is 36.5. The standard InChI is InChI=1S/C103H178N2.2CH3.Ni/c1-7-13-19-22-25-28-31-34-37-40-42-44-46-48-50-52-54-56-59-61-64-67-70-73-76-79-84-96-90-88-94(82-16-10-4)92-100(96)102-98(86-18-12-6)99(87-81-78-75-72-69-66-63-58-39-36-33-30-27-24-21-15-9-3)103(105(102)104)101-93-95(83-17-11-5)89-91-97(101)85-80-77-74-71-68-65-62-60-57-55-53-51-49-47-45-43-41-38-35-32-29-26-23-20-14-8-2;;;/h88-93H,7-72,75,78-87H2,1-6H3;2*1H3;/q;2*-1;+2. The van der Waals surface area contributed by atoms with Crippen LogP contribution in [-0.2, 0) is 42.2 Å². The van der Waals surface area contributed by atoms with Crippen molar-refractivity contribution in [3.63, 3.8) is 0 Å². The van der Waals surface area contributed by atoms with Crippen molar-refractivity contribution in [2.75, 3.05) is 0 Å². The first-order chi connectivity index (χ1) is 52.0. The van der Waals surface area contributed by atoms with Crippen LogP contribution in [0.15, 0.2) is 47.5 Å². The zero-order chi connectivity index (χ0) is 74.9. The zero-order valence-electron chi connectivity index (χ0n) is 74.1. The molecule has 0 radical (unpaired) electrons. The van der Waals surface area contributed by atoms with Crippen LogP contribution in [-0.4, -0.2) is 4.70 Å². The summed E-state index contributed by atoms with van der Waals surface area (Å²) in [6.45, 7) is 13.9. The van der Waals surface area contributed by atoms with Crippen LogP contribution in [0.3, 0.4) is 0 Å². The maximum atomic E-state index is 13.4. The Morgan fingerprint density at radius 2 is 0.417 bits per heavy atom. The Kier molecular flexibility index (Phi) is 78.6. The average molecular weight is 1530 g/mol. The minimum Gasteiger partial charge on any atom is -0.493 e. The molecule has 1 heterocycles. The fourth-order valence-electron chi connectivity index (χ4n) is 16.7. The molecule has 3 heteroatoms. The molecule has 0 atom stereocenters. The smallest absolute Gasteiger partial charge is 0.493 e. The molecule has 0 aromatic heterocycles. The number of aryl methyl sites for hydroxylation is 4. The van der Waals surface area contributed by atoms with Gasteiger partial charge in [-0.05, 0) is 111 Å². The number of unbranched alkanes of at least 4 members (excludes halogenated alkanes) is 63. The number of hydrogen-bond donors (Lipinski definition) is 0. The van der Waals surface area contributed by atoms with E-state index in [2.05, 4.69) is 102 Å². The third kappa shape index (κ3) is 56.4. The van der Waals surface area contributed by atoms with Gasteiger partial charge in [0.05, 0.1) is 0 Å². The Morgan fingerprint density at radius 1 is 0.222 bits per heavy atom. The molecule has 0 fully saturated rings. The van der Waals surface area contributed by atoms with Crippen molar-refractivity contribution < 1.29 is 21.2 Å². The number of rotatable bonds is 77. The van der Waals surface area contributed by atoms with E-state index >= 15 is 0 Å². The molecule has 0 N–H and O–H groups in total. The van der Waals surface area contributed by atoms with Crippen molar-refractivity contribution in [3.05, 3.63) is 101 Å². The molecular weight excluding hydrogens is 1350 g/mol. The first-order valence-corrected chi connectivity index (χ1v) is 48.2. The summed E-state index contributed by atoms with van der Waals surface area (Å²) in [5, 5.41) is 0. The minimum atomic E-state index is 0. The van der Waals surface area contributed by atoms with Crippen LogP contribution in [0.4, 0.5) is 0 Å². The SMILES string of the molecule is CCCCCCCCCCCCCCCCCCCCCCCCC#CCCc1ccc(CCCC)cc1C1=C(CCCC)C(CCCCCCCCCCCCCCCCCCC)=C(c2cc(CCCC)ccc2CCC#CCCCCCCCCCCCCCCCCCCCCCCCC)[N+]1=[N-].[CH3-].[CH3-].[Ni+2]. The van der Waals surface area contributed by atoms with E-state index < -0.39 is 0 Å². The quantitative estimate of drug-likeness (QED) is 0.0207. The van der Waals surface area contributed by atoms with Gasteiger partial charge in [-0.25, -0.2) is 4.70 Å². The van der Waals surface area contributed by atoms with Crippen molar-refractivity contribution in [2.45, 2.75) is 536 Å². The molecule has 2 aromatic rings. The minimum absolute atomic E-state index is 0. The van der Waals surface area contributed by atoms with Gasteiger partial charge in [0.1, 0.15) is 0 Å². The van der Waals surface area contributed by atoms with Gasteiger partial charge in [-0.3, -0.25) is 0 Å². The van der Waals surface area contributed by atoms with Crippen molar-refractivity contribution in [1.29, 1.82) is 0 Å². The van der Waals surface area contributed by atoms with E-state index in [1.54, 1.807) is 4.70 Å². The second-order valence-corrected chi connectivity index (χ2v) is 33.7. The average Bonchev–Trinajstić information content (AvgIpc) is 1.59. The van der Waals surface area contributed by atoms with Gasteiger partial charge in [0, 0.05) is 48.0 Å². The van der Waals surface area contributed by atoms with Gasteiger partial charge in [0.2, 0.25) is 11.4 Å². The molecule has 108 heavy (non-hydrogen) atoms. The maximum absolute atomic E-state index is 13.4. The van der Waals surface area contributed by atoms with Crippen LogP contribution < -0.4 is 0 Å². The van der Waals surface area contributed by atoms with E-state index in [0.717, 1.165) is 88.4 Å². The maximum Gasteiger partial charge on any atom is 2.00 e. The molecule has 624 valence electrons. The second kappa shape index (κ2) is 80.7. The van der Waals surface area contributed by atoms with E-state index in [4.69, 9.17) is 0 Å². The third-order valence-corrected chi connectivity index (χ3v) is 23.8. The Bertz CT molecular complexity index is 2500. The molecule has 2 nitrogen and oxygen atoms in total.